The van der Waals surface area contributed by atoms with Crippen LogP contribution in [0.25, 0.3) is 0 Å². The Morgan fingerprint density at radius 2 is 1.62 bits per heavy atom. The quantitative estimate of drug-likeness (QED) is 0.405. The summed E-state index contributed by atoms with van der Waals surface area (Å²) in [5, 5.41) is 0. The molecule has 3 rings (SSSR count). The van der Waals surface area contributed by atoms with Crippen LogP contribution in [0.3, 0.4) is 0 Å². The summed E-state index contributed by atoms with van der Waals surface area (Å²) in [6, 6.07) is 13.8. The minimum atomic E-state index is -4.01. The SMILES string of the molecule is COc1ccc(NS(=O)(=O)c2cccc(C(=O)OCC(=O)c3ccc(F)c(F)c3)c2)cc1. The van der Waals surface area contributed by atoms with Crippen LogP contribution >= 0.6 is 0 Å². The normalized spacial score (nSPS) is 11.0. The molecule has 0 bridgehead atoms. The average molecular weight is 461 g/mol. The van der Waals surface area contributed by atoms with E-state index in [2.05, 4.69) is 4.72 Å². The number of sulfonamides is 1. The van der Waals surface area contributed by atoms with Crippen molar-refractivity contribution in [2.45, 2.75) is 4.90 Å². The minimum absolute atomic E-state index is 0.110. The summed E-state index contributed by atoms with van der Waals surface area (Å²) >= 11 is 0. The zero-order valence-corrected chi connectivity index (χ0v) is 17.5. The maximum absolute atomic E-state index is 13.2. The van der Waals surface area contributed by atoms with Crippen molar-refractivity contribution in [3.05, 3.63) is 89.5 Å². The van der Waals surface area contributed by atoms with Crippen molar-refractivity contribution in [1.82, 2.24) is 0 Å². The molecule has 0 aliphatic rings. The molecule has 3 aromatic rings. The monoisotopic (exact) mass is 461 g/mol. The van der Waals surface area contributed by atoms with Crippen LogP contribution in [0.2, 0.25) is 0 Å². The van der Waals surface area contributed by atoms with Crippen molar-refractivity contribution in [1.29, 1.82) is 0 Å². The molecule has 3 aromatic carbocycles. The molecular weight excluding hydrogens is 444 g/mol. The van der Waals surface area contributed by atoms with Crippen LogP contribution < -0.4 is 9.46 Å². The number of esters is 1. The molecule has 0 amide bonds. The summed E-state index contributed by atoms with van der Waals surface area (Å²) in [4.78, 5) is 24.1. The molecule has 10 heteroatoms. The first kappa shape index (κ1) is 22.9. The van der Waals surface area contributed by atoms with Crippen LogP contribution in [-0.4, -0.2) is 33.9 Å². The lowest BCUT2D eigenvalue weighted by atomic mass is 10.1. The molecule has 7 nitrogen and oxygen atoms in total. The summed E-state index contributed by atoms with van der Waals surface area (Å²) < 4.78 is 63.8. The Morgan fingerprint density at radius 1 is 0.906 bits per heavy atom. The summed E-state index contributed by atoms with van der Waals surface area (Å²) in [5.41, 5.74) is 0.00770. The largest absolute Gasteiger partial charge is 0.497 e. The van der Waals surface area contributed by atoms with E-state index in [-0.39, 0.29) is 21.7 Å². The number of hydrogen-bond acceptors (Lipinski definition) is 6. The highest BCUT2D eigenvalue weighted by molar-refractivity contribution is 7.92. The Bertz CT molecular complexity index is 1260. The molecule has 0 aliphatic carbocycles. The van der Waals surface area contributed by atoms with Gasteiger partial charge in [-0.25, -0.2) is 22.0 Å². The molecule has 0 aromatic heterocycles. The van der Waals surface area contributed by atoms with Crippen LogP contribution in [0.5, 0.6) is 5.75 Å². The number of carbonyl (C=O) groups excluding carboxylic acids is 2. The van der Waals surface area contributed by atoms with E-state index < -0.39 is 40.0 Å². The minimum Gasteiger partial charge on any atom is -0.497 e. The number of nitrogens with one attached hydrogen (secondary N) is 1. The zero-order valence-electron chi connectivity index (χ0n) is 16.7. The smallest absolute Gasteiger partial charge is 0.338 e. The van der Waals surface area contributed by atoms with Gasteiger partial charge in [0.1, 0.15) is 5.75 Å². The number of ketones is 1. The molecule has 0 saturated heterocycles. The van der Waals surface area contributed by atoms with Crippen molar-refractivity contribution in [2.24, 2.45) is 0 Å². The molecule has 0 spiro atoms. The first-order valence-electron chi connectivity index (χ1n) is 9.12. The summed E-state index contributed by atoms with van der Waals surface area (Å²) in [5.74, 6) is -3.47. The van der Waals surface area contributed by atoms with E-state index in [0.717, 1.165) is 18.2 Å². The Kier molecular flexibility index (Phi) is 6.84. The molecule has 0 aliphatic heterocycles. The van der Waals surface area contributed by atoms with Crippen LogP contribution in [0.1, 0.15) is 20.7 Å². The molecule has 0 atom stereocenters. The lowest BCUT2D eigenvalue weighted by Crippen LogP contribution is -2.16. The molecule has 0 saturated carbocycles. The maximum Gasteiger partial charge on any atom is 0.338 e. The Hall–Kier alpha value is -3.79. The lowest BCUT2D eigenvalue weighted by Gasteiger charge is -2.10. The molecule has 0 heterocycles. The van der Waals surface area contributed by atoms with Gasteiger partial charge in [-0.2, -0.15) is 0 Å². The van der Waals surface area contributed by atoms with E-state index in [1.54, 1.807) is 12.1 Å². The van der Waals surface area contributed by atoms with Crippen LogP contribution in [0, 0.1) is 11.6 Å². The third kappa shape index (κ3) is 5.46. The first-order chi connectivity index (χ1) is 15.2. The number of anilines is 1. The second kappa shape index (κ2) is 9.56. The fourth-order valence-electron chi connectivity index (χ4n) is 2.63. The number of ether oxygens (including phenoxy) is 2. The lowest BCUT2D eigenvalue weighted by molar-refractivity contribution is 0.0474. The summed E-state index contributed by atoms with van der Waals surface area (Å²) in [7, 11) is -2.53. The average Bonchev–Trinajstić information content (AvgIpc) is 2.79. The van der Waals surface area contributed by atoms with Gasteiger partial charge in [-0.1, -0.05) is 6.07 Å². The van der Waals surface area contributed by atoms with E-state index in [4.69, 9.17) is 9.47 Å². The van der Waals surface area contributed by atoms with Gasteiger partial charge in [-0.05, 0) is 60.7 Å². The highest BCUT2D eigenvalue weighted by Crippen LogP contribution is 2.20. The number of Topliss-reactive ketones (excluding diaryl/α,β-unsaturated/α-hetero) is 1. The number of benzene rings is 3. The number of rotatable bonds is 8. The van der Waals surface area contributed by atoms with Crippen molar-refractivity contribution in [3.63, 3.8) is 0 Å². The van der Waals surface area contributed by atoms with E-state index in [0.29, 0.717) is 11.8 Å². The second-order valence-electron chi connectivity index (χ2n) is 6.49. The zero-order chi connectivity index (χ0) is 23.3. The van der Waals surface area contributed by atoms with E-state index in [1.807, 2.05) is 0 Å². The number of hydrogen-bond donors (Lipinski definition) is 1. The molecule has 0 fully saturated rings. The molecule has 0 unspecified atom stereocenters. The van der Waals surface area contributed by atoms with E-state index >= 15 is 0 Å². The summed E-state index contributed by atoms with van der Waals surface area (Å²) in [6.07, 6.45) is 0. The fourth-order valence-corrected chi connectivity index (χ4v) is 3.73. The summed E-state index contributed by atoms with van der Waals surface area (Å²) in [6.45, 7) is -0.731. The number of carbonyl (C=O) groups is 2. The maximum atomic E-state index is 13.2. The van der Waals surface area contributed by atoms with Gasteiger partial charge in [-0.15, -0.1) is 0 Å². The molecule has 0 radical (unpaired) electrons. The second-order valence-corrected chi connectivity index (χ2v) is 8.17. The van der Waals surface area contributed by atoms with Gasteiger partial charge in [0, 0.05) is 11.3 Å². The Labute approximate surface area is 182 Å². The van der Waals surface area contributed by atoms with Crippen LogP contribution in [-0.2, 0) is 14.8 Å². The van der Waals surface area contributed by atoms with Crippen molar-refractivity contribution >= 4 is 27.5 Å². The third-order valence-electron chi connectivity index (χ3n) is 4.30. The molecule has 166 valence electrons. The molecule has 32 heavy (non-hydrogen) atoms. The molecular formula is C22H17F2NO6S. The van der Waals surface area contributed by atoms with Gasteiger partial charge in [0.05, 0.1) is 17.6 Å². The van der Waals surface area contributed by atoms with Crippen LogP contribution in [0.15, 0.2) is 71.6 Å². The fraction of sp³-hybridized carbons (Fsp3) is 0.0909. The van der Waals surface area contributed by atoms with Crippen molar-refractivity contribution < 1.29 is 36.3 Å². The number of halogens is 2. The van der Waals surface area contributed by atoms with Gasteiger partial charge >= 0.3 is 5.97 Å². The predicted molar refractivity (Wildman–Crippen MR) is 111 cm³/mol. The first-order valence-corrected chi connectivity index (χ1v) is 10.6. The predicted octanol–water partition coefficient (Wildman–Crippen LogP) is 3.81. The van der Waals surface area contributed by atoms with Gasteiger partial charge in [-0.3, -0.25) is 9.52 Å². The van der Waals surface area contributed by atoms with Gasteiger partial charge in [0.25, 0.3) is 10.0 Å². The highest BCUT2D eigenvalue weighted by Gasteiger charge is 2.18. The third-order valence-corrected chi connectivity index (χ3v) is 5.68. The van der Waals surface area contributed by atoms with Gasteiger partial charge in [0.2, 0.25) is 0 Å². The van der Waals surface area contributed by atoms with E-state index in [1.165, 1.54) is 37.4 Å². The molecule has 1 N–H and O–H groups in total. The van der Waals surface area contributed by atoms with E-state index in [9.17, 15) is 26.8 Å². The Morgan fingerprint density at radius 3 is 2.28 bits per heavy atom. The topological polar surface area (TPSA) is 98.8 Å². The standard InChI is InChI=1S/C22H17F2NO6S/c1-30-17-8-6-16(7-9-17)25-32(28,29)18-4-2-3-15(11-18)22(27)31-13-21(26)14-5-10-19(23)20(24)12-14/h2-12,25H,13H2,1H3. The number of methoxy groups -OCH3 is 1. The van der Waals surface area contributed by atoms with Gasteiger partial charge in [0.15, 0.2) is 24.0 Å². The van der Waals surface area contributed by atoms with Crippen LogP contribution in [0.4, 0.5) is 14.5 Å². The highest BCUT2D eigenvalue weighted by atomic mass is 32.2. The van der Waals surface area contributed by atoms with Crippen molar-refractivity contribution in [2.75, 3.05) is 18.4 Å². The Balaban J connectivity index is 1.69. The van der Waals surface area contributed by atoms with Crippen molar-refractivity contribution in [3.8, 4) is 5.75 Å². The van der Waals surface area contributed by atoms with Gasteiger partial charge < -0.3 is 9.47 Å².